The van der Waals surface area contributed by atoms with Crippen LogP contribution in [-0.4, -0.2) is 61.2 Å². The molecule has 11 heteroatoms. The molecule has 11 nitrogen and oxygen atoms in total. The molecule has 0 unspecified atom stereocenters. The summed E-state index contributed by atoms with van der Waals surface area (Å²) in [4.78, 5) is 53.2. The molecule has 1 fully saturated rings. The average Bonchev–Trinajstić information content (AvgIpc) is 3.60. The number of nitrogens with one attached hydrogen (secondary N) is 2. The summed E-state index contributed by atoms with van der Waals surface area (Å²) in [5, 5.41) is 3.15. The number of carbonyl (C=O) groups excluding carboxylic acids is 2. The first-order valence-corrected chi connectivity index (χ1v) is 14.5. The Balaban J connectivity index is 1.47. The zero-order valence-electron chi connectivity index (χ0n) is 25.1. The van der Waals surface area contributed by atoms with E-state index in [-0.39, 0.29) is 24.0 Å². The van der Waals surface area contributed by atoms with Crippen LogP contribution in [0, 0.1) is 5.92 Å². The third kappa shape index (κ3) is 6.87. The van der Waals surface area contributed by atoms with Crippen molar-refractivity contribution in [2.75, 3.05) is 18.4 Å². The second-order valence-electron chi connectivity index (χ2n) is 12.2. The van der Waals surface area contributed by atoms with Crippen molar-refractivity contribution in [2.45, 2.75) is 64.8 Å². The fourth-order valence-corrected chi connectivity index (χ4v) is 5.12. The van der Waals surface area contributed by atoms with E-state index in [1.807, 2.05) is 60.7 Å². The molecule has 43 heavy (non-hydrogen) atoms. The molecule has 1 aliphatic rings. The number of hydrogen-bond acceptors (Lipinski definition) is 8. The Hall–Kier alpha value is -4.67. The highest BCUT2D eigenvalue weighted by Crippen LogP contribution is 2.34. The van der Waals surface area contributed by atoms with Crippen LogP contribution in [0.4, 0.5) is 10.7 Å². The van der Waals surface area contributed by atoms with Gasteiger partial charge in [-0.15, -0.1) is 0 Å². The maximum Gasteiger partial charge on any atom is 0.411 e. The van der Waals surface area contributed by atoms with Crippen LogP contribution in [0.1, 0.15) is 64.3 Å². The van der Waals surface area contributed by atoms with Gasteiger partial charge < -0.3 is 19.4 Å². The van der Waals surface area contributed by atoms with Gasteiger partial charge in [-0.25, -0.2) is 14.6 Å². The Morgan fingerprint density at radius 3 is 2.26 bits per heavy atom. The van der Waals surface area contributed by atoms with E-state index in [0.717, 1.165) is 11.1 Å². The molecule has 1 aliphatic heterocycles. The van der Waals surface area contributed by atoms with Gasteiger partial charge in [0.05, 0.1) is 12.4 Å². The van der Waals surface area contributed by atoms with Crippen LogP contribution in [0.15, 0.2) is 71.8 Å². The number of esters is 1. The van der Waals surface area contributed by atoms with Crippen LogP contribution in [0.5, 0.6) is 0 Å². The summed E-state index contributed by atoms with van der Waals surface area (Å²) in [7, 11) is 0. The second kappa shape index (κ2) is 12.3. The van der Waals surface area contributed by atoms with Crippen molar-refractivity contribution < 1.29 is 19.1 Å². The number of H-pyrrole nitrogens is 1. The van der Waals surface area contributed by atoms with E-state index in [1.54, 1.807) is 25.3 Å². The number of imidazole rings is 1. The predicted octanol–water partition coefficient (Wildman–Crippen LogP) is 5.07. The minimum absolute atomic E-state index is 0.144. The topological polar surface area (TPSA) is 131 Å². The van der Waals surface area contributed by atoms with Crippen LogP contribution < -0.4 is 10.9 Å². The lowest BCUT2D eigenvalue weighted by atomic mass is 10.0. The van der Waals surface area contributed by atoms with Gasteiger partial charge in [0.25, 0.3) is 5.56 Å². The molecule has 2 aromatic carbocycles. The molecule has 0 saturated carbocycles. The molecule has 0 radical (unpaired) electrons. The van der Waals surface area contributed by atoms with Gasteiger partial charge in [-0.3, -0.25) is 14.7 Å². The van der Waals surface area contributed by atoms with Crippen LogP contribution in [-0.2, 0) is 14.3 Å². The smallest absolute Gasteiger partial charge is 0.411 e. The lowest BCUT2D eigenvalue weighted by Gasteiger charge is -2.28. The number of aromatic nitrogens is 4. The van der Waals surface area contributed by atoms with Gasteiger partial charge in [-0.1, -0.05) is 74.5 Å². The summed E-state index contributed by atoms with van der Waals surface area (Å²) in [5.41, 5.74) is 1.02. The fraction of sp³-hybridized carbons (Fsp3) is 0.406. The first-order chi connectivity index (χ1) is 20.5. The lowest BCUT2D eigenvalue weighted by Crippen LogP contribution is -2.44. The summed E-state index contributed by atoms with van der Waals surface area (Å²) in [5.74, 6) is 0.116. The molecule has 3 heterocycles. The number of fused-ring (bicyclic) bond motifs is 1. The van der Waals surface area contributed by atoms with Gasteiger partial charge in [-0.05, 0) is 37.8 Å². The molecule has 0 aliphatic carbocycles. The number of rotatable bonds is 8. The highest BCUT2D eigenvalue weighted by molar-refractivity contribution is 5.83. The number of benzene rings is 2. The molecule has 0 spiro atoms. The highest BCUT2D eigenvalue weighted by Gasteiger charge is 2.44. The van der Waals surface area contributed by atoms with Crippen LogP contribution in [0.2, 0.25) is 0 Å². The number of anilines is 1. The van der Waals surface area contributed by atoms with E-state index in [2.05, 4.69) is 34.1 Å². The number of ether oxygens (including phenoxy) is 2. The normalized spacial score (nSPS) is 17.0. The average molecular weight is 587 g/mol. The molecule has 226 valence electrons. The monoisotopic (exact) mass is 586 g/mol. The van der Waals surface area contributed by atoms with Gasteiger partial charge in [0.15, 0.2) is 17.3 Å². The lowest BCUT2D eigenvalue weighted by molar-refractivity contribution is -0.152. The summed E-state index contributed by atoms with van der Waals surface area (Å²) in [6.45, 7) is 10.2. The summed E-state index contributed by atoms with van der Waals surface area (Å²) in [6, 6.07) is 17.6. The Kier molecular flexibility index (Phi) is 8.52. The van der Waals surface area contributed by atoms with Gasteiger partial charge in [0.2, 0.25) is 5.95 Å². The maximum atomic E-state index is 13.9. The zero-order valence-corrected chi connectivity index (χ0v) is 25.1. The first-order valence-electron chi connectivity index (χ1n) is 14.5. The fourth-order valence-electron chi connectivity index (χ4n) is 5.12. The van der Waals surface area contributed by atoms with Crippen LogP contribution >= 0.6 is 0 Å². The Morgan fingerprint density at radius 1 is 1.05 bits per heavy atom. The van der Waals surface area contributed by atoms with Crippen LogP contribution in [0.3, 0.4) is 0 Å². The minimum Gasteiger partial charge on any atom is -0.451 e. The third-order valence-electron chi connectivity index (χ3n) is 7.12. The summed E-state index contributed by atoms with van der Waals surface area (Å²) >= 11 is 0. The van der Waals surface area contributed by atoms with E-state index >= 15 is 0 Å². The van der Waals surface area contributed by atoms with E-state index in [9.17, 15) is 14.4 Å². The number of aromatic amines is 1. The Labute approximate surface area is 250 Å². The largest absolute Gasteiger partial charge is 0.451 e. The predicted molar refractivity (Wildman–Crippen MR) is 163 cm³/mol. The van der Waals surface area contributed by atoms with E-state index in [4.69, 9.17) is 9.47 Å². The number of likely N-dealkylation sites (tertiary alicyclic amines) is 1. The standard InChI is InChI=1S/C32H38N6O5/c1-20(2)17-33-30-35-27-25(28(39)36-30)34-19-38(27)23-16-24(37(18-23)31(41)43-32(3,4)5)29(40)42-26(21-12-8-6-9-13-21)22-14-10-7-11-15-22/h6-15,19-20,23-24,26H,16-18H2,1-5H3,(H2,33,35,36,39)/t23-,24-/m1/s1. The number of carbonyl (C=O) groups is 2. The van der Waals surface area contributed by atoms with Crippen molar-refractivity contribution >= 4 is 29.2 Å². The van der Waals surface area contributed by atoms with E-state index < -0.39 is 35.9 Å². The van der Waals surface area contributed by atoms with Gasteiger partial charge in [0.1, 0.15) is 11.6 Å². The molecule has 4 aromatic rings. The molecule has 2 aromatic heterocycles. The molecule has 1 amide bonds. The third-order valence-corrected chi connectivity index (χ3v) is 7.12. The van der Waals surface area contributed by atoms with Gasteiger partial charge in [0, 0.05) is 19.5 Å². The zero-order chi connectivity index (χ0) is 30.7. The number of hydrogen-bond donors (Lipinski definition) is 2. The van der Waals surface area contributed by atoms with Crippen molar-refractivity contribution in [2.24, 2.45) is 5.92 Å². The van der Waals surface area contributed by atoms with Gasteiger partial charge in [-0.2, -0.15) is 4.98 Å². The van der Waals surface area contributed by atoms with Crippen molar-refractivity contribution in [1.29, 1.82) is 0 Å². The first kappa shape index (κ1) is 29.8. The molecule has 2 atom stereocenters. The molecule has 5 rings (SSSR count). The van der Waals surface area contributed by atoms with Crippen molar-refractivity contribution in [3.8, 4) is 0 Å². The minimum atomic E-state index is -0.937. The van der Waals surface area contributed by atoms with Crippen molar-refractivity contribution in [1.82, 2.24) is 24.4 Å². The van der Waals surface area contributed by atoms with Crippen LogP contribution in [0.25, 0.3) is 11.2 Å². The number of amides is 1. The van der Waals surface area contributed by atoms with E-state index in [0.29, 0.717) is 24.1 Å². The molecule has 1 saturated heterocycles. The summed E-state index contributed by atoms with van der Waals surface area (Å²) < 4.78 is 13.6. The quantitative estimate of drug-likeness (QED) is 0.274. The maximum absolute atomic E-state index is 13.9. The molecule has 2 N–H and O–H groups in total. The molecular formula is C32H38N6O5. The Bertz CT molecular complexity index is 1590. The molecule has 0 bridgehead atoms. The SMILES string of the molecule is CC(C)CNc1nc2c(ncn2[C@@H]2C[C@H](C(=O)OC(c3ccccc3)c3ccccc3)N(C(=O)OC(C)(C)C)C2)c(=O)[nH]1. The highest BCUT2D eigenvalue weighted by atomic mass is 16.6. The van der Waals surface area contributed by atoms with Crippen molar-refractivity contribution in [3.63, 3.8) is 0 Å². The second-order valence-corrected chi connectivity index (χ2v) is 12.2. The summed E-state index contributed by atoms with van der Waals surface area (Å²) in [6.07, 6.45) is 0.464. The van der Waals surface area contributed by atoms with Gasteiger partial charge >= 0.3 is 12.1 Å². The number of nitrogens with zero attached hydrogens (tertiary/aromatic N) is 4. The van der Waals surface area contributed by atoms with E-state index in [1.165, 1.54) is 11.2 Å². The Morgan fingerprint density at radius 2 is 1.67 bits per heavy atom. The molecular weight excluding hydrogens is 548 g/mol. The van der Waals surface area contributed by atoms with Crippen molar-refractivity contribution in [3.05, 3.63) is 88.5 Å².